The third-order valence-electron chi connectivity index (χ3n) is 5.97. The summed E-state index contributed by atoms with van der Waals surface area (Å²) in [5.41, 5.74) is 2.78. The van der Waals surface area contributed by atoms with Crippen molar-refractivity contribution in [2.45, 2.75) is 26.4 Å². The number of thiophene rings is 1. The standard InChI is InChI=1S/C27H29F2N7OS/c1-17(24(28)16-32-19(3)31-7-10-36-11-8-34-35-36)25-13-20-5-4-6-21(27(20)38-25)22-14-26(29)33-15-23(22)18(2)30-9-12-37/h4-6,8,11,13-16,18,30-31,37H,3,7,9-10,12H2,1-2H3/b24-17-,32-16?. The molecule has 3 N–H and O–H groups in total. The number of nitrogens with one attached hydrogen (secondary N) is 2. The molecular weight excluding hydrogens is 508 g/mol. The van der Waals surface area contributed by atoms with Gasteiger partial charge < -0.3 is 15.7 Å². The second-order valence-corrected chi connectivity index (χ2v) is 9.65. The minimum atomic E-state index is -0.583. The summed E-state index contributed by atoms with van der Waals surface area (Å²) in [6.45, 7) is 8.94. The lowest BCUT2D eigenvalue weighted by Crippen LogP contribution is -2.22. The van der Waals surface area contributed by atoms with E-state index < -0.39 is 11.8 Å². The first kappa shape index (κ1) is 27.2. The predicted molar refractivity (Wildman–Crippen MR) is 148 cm³/mol. The van der Waals surface area contributed by atoms with Gasteiger partial charge in [-0.3, -0.25) is 4.68 Å². The molecular formula is C27H29F2N7OS. The smallest absolute Gasteiger partial charge is 0.213 e. The van der Waals surface area contributed by atoms with E-state index in [1.54, 1.807) is 24.0 Å². The zero-order valence-electron chi connectivity index (χ0n) is 21.2. The third kappa shape index (κ3) is 6.55. The van der Waals surface area contributed by atoms with Crippen LogP contribution in [0.3, 0.4) is 0 Å². The summed E-state index contributed by atoms with van der Waals surface area (Å²) in [5, 5.41) is 23.9. The molecule has 1 aromatic carbocycles. The Balaban J connectivity index is 1.57. The van der Waals surface area contributed by atoms with Gasteiger partial charge in [0.05, 0.1) is 25.6 Å². The summed E-state index contributed by atoms with van der Waals surface area (Å²) in [6, 6.07) is 8.94. The maximum Gasteiger partial charge on any atom is 0.213 e. The normalized spacial score (nSPS) is 13.2. The molecule has 4 aromatic rings. The molecule has 0 saturated carbocycles. The number of benzene rings is 1. The Hall–Kier alpha value is -3.80. The molecule has 198 valence electrons. The molecule has 38 heavy (non-hydrogen) atoms. The first-order chi connectivity index (χ1) is 18.4. The van der Waals surface area contributed by atoms with E-state index in [1.807, 2.05) is 31.2 Å². The highest BCUT2D eigenvalue weighted by Gasteiger charge is 2.17. The largest absolute Gasteiger partial charge is 0.395 e. The van der Waals surface area contributed by atoms with Gasteiger partial charge in [0.25, 0.3) is 0 Å². The van der Waals surface area contributed by atoms with Crippen molar-refractivity contribution in [1.82, 2.24) is 30.6 Å². The van der Waals surface area contributed by atoms with Crippen molar-refractivity contribution >= 4 is 33.2 Å². The van der Waals surface area contributed by atoms with Gasteiger partial charge in [0.2, 0.25) is 5.95 Å². The zero-order valence-corrected chi connectivity index (χ0v) is 22.0. The summed E-state index contributed by atoms with van der Waals surface area (Å²) in [7, 11) is 0. The van der Waals surface area contributed by atoms with Crippen molar-refractivity contribution in [3.63, 3.8) is 0 Å². The van der Waals surface area contributed by atoms with Gasteiger partial charge in [0, 0.05) is 58.3 Å². The van der Waals surface area contributed by atoms with E-state index in [4.69, 9.17) is 0 Å². The lowest BCUT2D eigenvalue weighted by atomic mass is 9.96. The predicted octanol–water partition coefficient (Wildman–Crippen LogP) is 4.87. The van der Waals surface area contributed by atoms with Crippen LogP contribution >= 0.6 is 11.3 Å². The Morgan fingerprint density at radius 3 is 2.89 bits per heavy atom. The van der Waals surface area contributed by atoms with Gasteiger partial charge in [-0.1, -0.05) is 30.0 Å². The molecule has 0 spiro atoms. The Morgan fingerprint density at radius 2 is 2.13 bits per heavy atom. The highest BCUT2D eigenvalue weighted by atomic mass is 32.1. The molecule has 0 amide bonds. The molecule has 8 nitrogen and oxygen atoms in total. The molecule has 3 heterocycles. The van der Waals surface area contributed by atoms with Crippen molar-refractivity contribution in [1.29, 1.82) is 0 Å². The first-order valence-electron chi connectivity index (χ1n) is 12.1. The molecule has 0 aliphatic carbocycles. The Morgan fingerprint density at radius 1 is 1.29 bits per heavy atom. The second-order valence-electron chi connectivity index (χ2n) is 8.60. The van der Waals surface area contributed by atoms with Crippen LogP contribution in [0.25, 0.3) is 26.8 Å². The minimum absolute atomic E-state index is 0.00888. The van der Waals surface area contributed by atoms with Crippen molar-refractivity contribution in [2.75, 3.05) is 19.7 Å². The number of aliphatic hydroxyl groups is 1. The van der Waals surface area contributed by atoms with Crippen LogP contribution in [-0.2, 0) is 6.54 Å². The SMILES string of the molecule is C=C(N=C/C(F)=C(\C)c1cc2cccc(-c3cc(F)ncc3C(C)NCCO)c2s1)NCCn1ccnn1. The number of halogens is 2. The van der Waals surface area contributed by atoms with Crippen LogP contribution in [0.4, 0.5) is 8.78 Å². The van der Waals surface area contributed by atoms with E-state index in [0.29, 0.717) is 36.6 Å². The van der Waals surface area contributed by atoms with E-state index >= 15 is 4.39 Å². The van der Waals surface area contributed by atoms with Crippen LogP contribution < -0.4 is 10.6 Å². The van der Waals surface area contributed by atoms with Gasteiger partial charge >= 0.3 is 0 Å². The minimum Gasteiger partial charge on any atom is -0.395 e. The number of hydrogen-bond acceptors (Lipinski definition) is 8. The van der Waals surface area contributed by atoms with Crippen molar-refractivity contribution in [3.05, 3.63) is 83.5 Å². The summed E-state index contributed by atoms with van der Waals surface area (Å²) in [5.74, 6) is -0.724. The Bertz CT molecular complexity index is 1460. The molecule has 0 radical (unpaired) electrons. The average Bonchev–Trinajstić information content (AvgIpc) is 3.60. The van der Waals surface area contributed by atoms with Crippen LogP contribution in [0, 0.1) is 5.95 Å². The van der Waals surface area contributed by atoms with Gasteiger partial charge in [-0.2, -0.15) is 4.39 Å². The molecule has 1 unspecified atom stereocenters. The second kappa shape index (κ2) is 12.6. The molecule has 11 heteroatoms. The molecule has 1 atom stereocenters. The molecule has 4 rings (SSSR count). The van der Waals surface area contributed by atoms with Gasteiger partial charge in [-0.25, -0.2) is 14.4 Å². The summed E-state index contributed by atoms with van der Waals surface area (Å²) < 4.78 is 31.8. The topological polar surface area (TPSA) is 100 Å². The Labute approximate surface area is 223 Å². The van der Waals surface area contributed by atoms with E-state index in [1.165, 1.54) is 23.6 Å². The molecule has 0 bridgehead atoms. The lowest BCUT2D eigenvalue weighted by Gasteiger charge is -2.18. The van der Waals surface area contributed by atoms with Gasteiger partial charge in [-0.15, -0.1) is 16.4 Å². The number of allylic oxidation sites excluding steroid dienone is 2. The average molecular weight is 538 g/mol. The number of aliphatic imine (C=N–C) groups is 1. The van der Waals surface area contributed by atoms with E-state index in [0.717, 1.165) is 32.3 Å². The monoisotopic (exact) mass is 537 g/mol. The maximum atomic E-state index is 15.0. The molecule has 3 aromatic heterocycles. The fraction of sp³-hybridized carbons (Fsp3) is 0.259. The number of hydrogen-bond donors (Lipinski definition) is 3. The van der Waals surface area contributed by atoms with Crippen LogP contribution in [-0.4, -0.2) is 51.0 Å². The van der Waals surface area contributed by atoms with Crippen molar-refractivity contribution in [3.8, 4) is 11.1 Å². The van der Waals surface area contributed by atoms with E-state index in [2.05, 4.69) is 37.5 Å². The van der Waals surface area contributed by atoms with E-state index in [9.17, 15) is 9.50 Å². The molecule has 0 fully saturated rings. The van der Waals surface area contributed by atoms with Crippen LogP contribution in [0.2, 0.25) is 0 Å². The maximum absolute atomic E-state index is 15.0. The number of aromatic nitrogens is 4. The number of fused-ring (bicyclic) bond motifs is 1. The number of aliphatic hydroxyl groups excluding tert-OH is 1. The van der Waals surface area contributed by atoms with Gasteiger partial charge in [-0.05, 0) is 36.4 Å². The fourth-order valence-electron chi connectivity index (χ4n) is 3.93. The fourth-order valence-corrected chi connectivity index (χ4v) is 5.12. The summed E-state index contributed by atoms with van der Waals surface area (Å²) in [6.07, 6.45) is 6.01. The molecule has 0 aliphatic heterocycles. The Kier molecular flexibility index (Phi) is 9.06. The molecule has 0 aliphatic rings. The first-order valence-corrected chi connectivity index (χ1v) is 12.9. The molecule has 0 saturated heterocycles. The summed E-state index contributed by atoms with van der Waals surface area (Å²) >= 11 is 1.43. The number of pyridine rings is 1. The van der Waals surface area contributed by atoms with Crippen LogP contribution in [0.1, 0.15) is 30.3 Å². The lowest BCUT2D eigenvalue weighted by molar-refractivity contribution is 0.286. The highest BCUT2D eigenvalue weighted by Crippen LogP contribution is 2.40. The van der Waals surface area contributed by atoms with Gasteiger partial charge in [0.1, 0.15) is 11.6 Å². The third-order valence-corrected chi connectivity index (χ3v) is 7.27. The number of nitrogens with zero attached hydrogens (tertiary/aromatic N) is 5. The summed E-state index contributed by atoms with van der Waals surface area (Å²) in [4.78, 5) is 8.68. The highest BCUT2D eigenvalue weighted by molar-refractivity contribution is 7.20. The van der Waals surface area contributed by atoms with Crippen molar-refractivity contribution < 1.29 is 13.9 Å². The van der Waals surface area contributed by atoms with Crippen molar-refractivity contribution in [2.24, 2.45) is 4.99 Å². The number of rotatable bonds is 12. The quantitative estimate of drug-likeness (QED) is 0.176. The van der Waals surface area contributed by atoms with Gasteiger partial charge in [0.15, 0.2) is 0 Å². The van der Waals surface area contributed by atoms with Crippen LogP contribution in [0.15, 0.2) is 72.1 Å². The van der Waals surface area contributed by atoms with E-state index in [-0.39, 0.29) is 12.6 Å². The van der Waals surface area contributed by atoms with Crippen LogP contribution in [0.5, 0.6) is 0 Å². The zero-order chi connectivity index (χ0) is 27.1.